The lowest BCUT2D eigenvalue weighted by atomic mass is 10.1. The van der Waals surface area contributed by atoms with Gasteiger partial charge in [0, 0.05) is 32.8 Å². The van der Waals surface area contributed by atoms with Gasteiger partial charge in [-0.05, 0) is 25.7 Å². The quantitative estimate of drug-likeness (QED) is 0.717. The third kappa shape index (κ3) is 6.76. The van der Waals surface area contributed by atoms with Crippen molar-refractivity contribution in [1.29, 1.82) is 0 Å². The summed E-state index contributed by atoms with van der Waals surface area (Å²) in [5.74, 6) is 3.27. The molecule has 1 N–H and O–H groups in total. The molecule has 5 nitrogen and oxygen atoms in total. The molecule has 5 heteroatoms. The molecule has 0 fully saturated rings. The highest BCUT2D eigenvalue weighted by atomic mass is 16.5. The molecule has 0 amide bonds. The molecule has 0 unspecified atom stereocenters. The molecule has 1 aromatic heterocycles. The molecule has 120 valence electrons. The molecule has 0 radical (unpaired) electrons. The third-order valence-corrected chi connectivity index (χ3v) is 3.18. The van der Waals surface area contributed by atoms with Gasteiger partial charge >= 0.3 is 0 Å². The maximum absolute atomic E-state index is 5.44. The van der Waals surface area contributed by atoms with Crippen LogP contribution in [0.2, 0.25) is 0 Å². The Morgan fingerprint density at radius 2 is 2.05 bits per heavy atom. The number of aromatic nitrogens is 2. The standard InChI is InChI=1S/C16H30N4O/c1-6-9-17-14-11-16(20(5)10-8-13(3)4)19-15(18-14)12-21-7-2/h11,13H,6-10,12H2,1-5H3,(H,17,18,19). The molecule has 0 bridgehead atoms. The molecule has 0 atom stereocenters. The van der Waals surface area contributed by atoms with E-state index in [1.165, 1.54) is 0 Å². The van der Waals surface area contributed by atoms with Gasteiger partial charge in [0.1, 0.15) is 18.2 Å². The lowest BCUT2D eigenvalue weighted by Gasteiger charge is -2.20. The molecule has 1 heterocycles. The van der Waals surface area contributed by atoms with Crippen molar-refractivity contribution in [3.63, 3.8) is 0 Å². The summed E-state index contributed by atoms with van der Waals surface area (Å²) in [4.78, 5) is 11.3. The molecule has 1 rings (SSSR count). The van der Waals surface area contributed by atoms with Gasteiger partial charge in [0.15, 0.2) is 5.82 Å². The van der Waals surface area contributed by atoms with Gasteiger partial charge in [0.2, 0.25) is 0 Å². The highest BCUT2D eigenvalue weighted by molar-refractivity contribution is 5.49. The molecule has 0 aromatic carbocycles. The Hall–Kier alpha value is -1.36. The zero-order chi connectivity index (χ0) is 15.7. The summed E-state index contributed by atoms with van der Waals surface area (Å²) in [7, 11) is 2.08. The van der Waals surface area contributed by atoms with Gasteiger partial charge in [-0.3, -0.25) is 0 Å². The third-order valence-electron chi connectivity index (χ3n) is 3.18. The Kier molecular flexibility index (Phi) is 8.05. The Labute approximate surface area is 129 Å². The van der Waals surface area contributed by atoms with Crippen molar-refractivity contribution in [3.8, 4) is 0 Å². The second-order valence-corrected chi connectivity index (χ2v) is 5.70. The minimum atomic E-state index is 0.461. The predicted octanol–water partition coefficient (Wildman–Crippen LogP) is 3.32. The number of hydrogen-bond donors (Lipinski definition) is 1. The van der Waals surface area contributed by atoms with Gasteiger partial charge in [0.05, 0.1) is 0 Å². The zero-order valence-corrected chi connectivity index (χ0v) is 14.1. The number of hydrogen-bond acceptors (Lipinski definition) is 5. The highest BCUT2D eigenvalue weighted by Gasteiger charge is 2.09. The van der Waals surface area contributed by atoms with Crippen LogP contribution in [-0.4, -0.2) is 36.7 Å². The van der Waals surface area contributed by atoms with E-state index in [4.69, 9.17) is 4.74 Å². The number of anilines is 2. The molecular weight excluding hydrogens is 264 g/mol. The summed E-state index contributed by atoms with van der Waals surface area (Å²) >= 11 is 0. The molecule has 0 aliphatic heterocycles. The number of ether oxygens (including phenoxy) is 1. The summed E-state index contributed by atoms with van der Waals surface area (Å²) in [5, 5.41) is 3.34. The van der Waals surface area contributed by atoms with Gasteiger partial charge in [0.25, 0.3) is 0 Å². The predicted molar refractivity (Wildman–Crippen MR) is 88.9 cm³/mol. The van der Waals surface area contributed by atoms with Gasteiger partial charge in [-0.15, -0.1) is 0 Å². The smallest absolute Gasteiger partial charge is 0.158 e. The van der Waals surface area contributed by atoms with E-state index in [-0.39, 0.29) is 0 Å². The van der Waals surface area contributed by atoms with Crippen LogP contribution < -0.4 is 10.2 Å². The average molecular weight is 294 g/mol. The first-order valence-electron chi connectivity index (χ1n) is 7.97. The highest BCUT2D eigenvalue weighted by Crippen LogP contribution is 2.16. The van der Waals surface area contributed by atoms with Crippen molar-refractivity contribution in [2.75, 3.05) is 37.0 Å². The normalized spacial score (nSPS) is 11.0. The largest absolute Gasteiger partial charge is 0.374 e. The fraction of sp³-hybridized carbons (Fsp3) is 0.750. The van der Waals surface area contributed by atoms with Crippen LogP contribution in [0.5, 0.6) is 0 Å². The second-order valence-electron chi connectivity index (χ2n) is 5.70. The van der Waals surface area contributed by atoms with Gasteiger partial charge in [-0.2, -0.15) is 0 Å². The minimum Gasteiger partial charge on any atom is -0.374 e. The van der Waals surface area contributed by atoms with Crippen LogP contribution in [-0.2, 0) is 11.3 Å². The van der Waals surface area contributed by atoms with Crippen molar-refractivity contribution >= 4 is 11.6 Å². The van der Waals surface area contributed by atoms with E-state index in [0.29, 0.717) is 19.1 Å². The van der Waals surface area contributed by atoms with E-state index in [2.05, 4.69) is 48.0 Å². The summed E-state index contributed by atoms with van der Waals surface area (Å²) in [6.07, 6.45) is 2.22. The Bertz CT molecular complexity index is 383. The average Bonchev–Trinajstić information content (AvgIpc) is 2.48. The molecule has 0 aliphatic carbocycles. The lowest BCUT2D eigenvalue weighted by molar-refractivity contribution is 0.128. The molecule has 0 aliphatic rings. The van der Waals surface area contributed by atoms with Crippen molar-refractivity contribution in [1.82, 2.24) is 9.97 Å². The van der Waals surface area contributed by atoms with E-state index < -0.39 is 0 Å². The van der Waals surface area contributed by atoms with Crippen LogP contribution in [0, 0.1) is 5.92 Å². The fourth-order valence-corrected chi connectivity index (χ4v) is 1.85. The Morgan fingerprint density at radius 3 is 2.67 bits per heavy atom. The van der Waals surface area contributed by atoms with Crippen LogP contribution in [0.15, 0.2) is 6.07 Å². The van der Waals surface area contributed by atoms with Crippen LogP contribution in [0.4, 0.5) is 11.6 Å². The van der Waals surface area contributed by atoms with E-state index in [0.717, 1.165) is 43.4 Å². The molecule has 0 spiro atoms. The number of nitrogens with zero attached hydrogens (tertiary/aromatic N) is 3. The first kappa shape index (κ1) is 17.7. The minimum absolute atomic E-state index is 0.461. The SMILES string of the molecule is CCCNc1cc(N(C)CCC(C)C)nc(COCC)n1. The zero-order valence-electron chi connectivity index (χ0n) is 14.1. The van der Waals surface area contributed by atoms with Crippen LogP contribution in [0.25, 0.3) is 0 Å². The summed E-state index contributed by atoms with van der Waals surface area (Å²) in [6, 6.07) is 2.02. The van der Waals surface area contributed by atoms with Gasteiger partial charge < -0.3 is 15.0 Å². The van der Waals surface area contributed by atoms with E-state index in [1.54, 1.807) is 0 Å². The Morgan fingerprint density at radius 1 is 1.29 bits per heavy atom. The van der Waals surface area contributed by atoms with E-state index in [9.17, 15) is 0 Å². The summed E-state index contributed by atoms with van der Waals surface area (Å²) in [5.41, 5.74) is 0. The maximum Gasteiger partial charge on any atom is 0.158 e. The molecular formula is C16H30N4O. The van der Waals surface area contributed by atoms with E-state index in [1.807, 2.05) is 13.0 Å². The van der Waals surface area contributed by atoms with Gasteiger partial charge in [-0.25, -0.2) is 9.97 Å². The summed E-state index contributed by atoms with van der Waals surface area (Å²) in [6.45, 7) is 11.7. The monoisotopic (exact) mass is 294 g/mol. The fourth-order valence-electron chi connectivity index (χ4n) is 1.85. The molecule has 1 aromatic rings. The first-order valence-corrected chi connectivity index (χ1v) is 7.97. The van der Waals surface area contributed by atoms with Crippen LogP contribution >= 0.6 is 0 Å². The topological polar surface area (TPSA) is 50.3 Å². The number of nitrogens with one attached hydrogen (secondary N) is 1. The van der Waals surface area contributed by atoms with Crippen molar-refractivity contribution < 1.29 is 4.74 Å². The Balaban J connectivity index is 2.83. The van der Waals surface area contributed by atoms with Crippen LogP contribution in [0.1, 0.15) is 46.4 Å². The molecule has 21 heavy (non-hydrogen) atoms. The number of rotatable bonds is 10. The summed E-state index contributed by atoms with van der Waals surface area (Å²) < 4.78 is 5.44. The van der Waals surface area contributed by atoms with Gasteiger partial charge in [-0.1, -0.05) is 20.8 Å². The maximum atomic E-state index is 5.44. The van der Waals surface area contributed by atoms with Crippen molar-refractivity contribution in [3.05, 3.63) is 11.9 Å². The first-order chi connectivity index (χ1) is 10.1. The second kappa shape index (κ2) is 9.55. The molecule has 0 saturated heterocycles. The lowest BCUT2D eigenvalue weighted by Crippen LogP contribution is -2.22. The van der Waals surface area contributed by atoms with Crippen molar-refractivity contribution in [2.45, 2.75) is 47.1 Å². The molecule has 0 saturated carbocycles. The van der Waals surface area contributed by atoms with Crippen molar-refractivity contribution in [2.24, 2.45) is 5.92 Å². The van der Waals surface area contributed by atoms with Crippen LogP contribution in [0.3, 0.4) is 0 Å². The van der Waals surface area contributed by atoms with E-state index >= 15 is 0 Å².